The van der Waals surface area contributed by atoms with Gasteiger partial charge >= 0.3 is 12.1 Å². The molecule has 26 heavy (non-hydrogen) atoms. The second-order valence-electron chi connectivity index (χ2n) is 6.05. The first kappa shape index (κ1) is 18.7. The van der Waals surface area contributed by atoms with E-state index in [0.29, 0.717) is 5.56 Å². The normalized spacial score (nSPS) is 22.6. The number of aliphatic imine (C=N–C) groups is 1. The van der Waals surface area contributed by atoms with Crippen molar-refractivity contribution < 1.29 is 23.1 Å². The van der Waals surface area contributed by atoms with Gasteiger partial charge in [0.05, 0.1) is 11.6 Å². The van der Waals surface area contributed by atoms with E-state index in [0.717, 1.165) is 6.21 Å². The minimum Gasteiger partial charge on any atom is -0.478 e. The summed E-state index contributed by atoms with van der Waals surface area (Å²) in [6, 6.07) is 8.73. The molecule has 1 aliphatic heterocycles. The Morgan fingerprint density at radius 2 is 1.69 bits per heavy atom. The summed E-state index contributed by atoms with van der Waals surface area (Å²) in [5.41, 5.74) is -1.82. The number of benzene rings is 2. The van der Waals surface area contributed by atoms with Gasteiger partial charge in [-0.25, -0.2) is 4.79 Å². The maximum Gasteiger partial charge on any atom is 0.403 e. The van der Waals surface area contributed by atoms with Crippen LogP contribution < -0.4 is 0 Å². The molecule has 2 unspecified atom stereocenters. The number of carboxylic acid groups (broad SMARTS) is 1. The van der Waals surface area contributed by atoms with E-state index in [1.54, 1.807) is 0 Å². The third kappa shape index (κ3) is 3.31. The number of carboxylic acids is 1. The van der Waals surface area contributed by atoms with Crippen LogP contribution in [0.15, 0.2) is 47.5 Å². The zero-order valence-electron chi connectivity index (χ0n) is 13.1. The maximum absolute atomic E-state index is 14.0. The molecular formula is C18H12Cl2F3NO2. The number of rotatable bonds is 3. The molecule has 0 aliphatic carbocycles. The van der Waals surface area contributed by atoms with Crippen LogP contribution in [-0.4, -0.2) is 23.5 Å². The third-order valence-electron chi connectivity index (χ3n) is 4.42. The highest BCUT2D eigenvalue weighted by atomic mass is 35.5. The van der Waals surface area contributed by atoms with Crippen LogP contribution in [-0.2, 0) is 5.41 Å². The summed E-state index contributed by atoms with van der Waals surface area (Å²) in [4.78, 5) is 15.0. The van der Waals surface area contributed by atoms with Gasteiger partial charge in [0.2, 0.25) is 0 Å². The van der Waals surface area contributed by atoms with Gasteiger partial charge in [-0.3, -0.25) is 4.99 Å². The van der Waals surface area contributed by atoms with Crippen LogP contribution in [0.3, 0.4) is 0 Å². The van der Waals surface area contributed by atoms with E-state index in [2.05, 4.69) is 4.99 Å². The van der Waals surface area contributed by atoms with Crippen LogP contribution in [0, 0.1) is 0 Å². The molecule has 0 aromatic heterocycles. The number of carbonyl (C=O) groups is 1. The van der Waals surface area contributed by atoms with Gasteiger partial charge in [0, 0.05) is 16.3 Å². The third-order valence-corrected chi connectivity index (χ3v) is 4.85. The van der Waals surface area contributed by atoms with Crippen LogP contribution in [0.1, 0.15) is 33.9 Å². The van der Waals surface area contributed by atoms with Crippen molar-refractivity contribution >= 4 is 35.4 Å². The molecule has 2 aromatic carbocycles. The maximum atomic E-state index is 14.0. The summed E-state index contributed by atoms with van der Waals surface area (Å²) >= 11 is 11.8. The van der Waals surface area contributed by atoms with Crippen molar-refractivity contribution in [3.05, 3.63) is 69.2 Å². The summed E-state index contributed by atoms with van der Waals surface area (Å²) in [5, 5.41) is 9.15. The number of alkyl halides is 3. The van der Waals surface area contributed by atoms with E-state index in [-0.39, 0.29) is 27.6 Å². The SMILES string of the molecule is O=C(O)c1ccc(C2CC(c3cc(Cl)cc(Cl)c3)(C(F)(F)F)C=N2)cc1. The van der Waals surface area contributed by atoms with E-state index in [1.807, 2.05) is 0 Å². The van der Waals surface area contributed by atoms with Crippen LogP contribution in [0.4, 0.5) is 13.2 Å². The van der Waals surface area contributed by atoms with Crippen LogP contribution >= 0.6 is 23.2 Å². The first-order valence-corrected chi connectivity index (χ1v) is 8.29. The zero-order valence-corrected chi connectivity index (χ0v) is 14.6. The predicted octanol–water partition coefficient (Wildman–Crippen LogP) is 5.71. The van der Waals surface area contributed by atoms with Gasteiger partial charge in [-0.2, -0.15) is 13.2 Å². The summed E-state index contributed by atoms with van der Waals surface area (Å²) in [6.07, 6.45) is -4.05. The first-order valence-electron chi connectivity index (χ1n) is 7.53. The fraction of sp³-hybridized carbons (Fsp3) is 0.222. The van der Waals surface area contributed by atoms with Gasteiger partial charge in [0.25, 0.3) is 0 Å². The molecule has 3 rings (SSSR count). The molecule has 0 fully saturated rings. The van der Waals surface area contributed by atoms with E-state index in [9.17, 15) is 18.0 Å². The Morgan fingerprint density at radius 3 is 2.19 bits per heavy atom. The lowest BCUT2D eigenvalue weighted by Gasteiger charge is -2.30. The van der Waals surface area contributed by atoms with Crippen molar-refractivity contribution in [3.8, 4) is 0 Å². The van der Waals surface area contributed by atoms with E-state index < -0.39 is 23.6 Å². The van der Waals surface area contributed by atoms with Crippen molar-refractivity contribution in [2.75, 3.05) is 0 Å². The van der Waals surface area contributed by atoms with E-state index >= 15 is 0 Å². The molecular weight excluding hydrogens is 390 g/mol. The van der Waals surface area contributed by atoms with Gasteiger partial charge < -0.3 is 5.11 Å². The molecule has 0 radical (unpaired) electrons. The van der Waals surface area contributed by atoms with Gasteiger partial charge in [-0.05, 0) is 47.9 Å². The lowest BCUT2D eigenvalue weighted by molar-refractivity contribution is -0.168. The molecule has 2 atom stereocenters. The Kier molecular flexibility index (Phi) is 4.75. The predicted molar refractivity (Wildman–Crippen MR) is 93.4 cm³/mol. The van der Waals surface area contributed by atoms with Crippen molar-refractivity contribution in [2.45, 2.75) is 24.1 Å². The summed E-state index contributed by atoms with van der Waals surface area (Å²) in [5.74, 6) is -1.11. The fourth-order valence-electron chi connectivity index (χ4n) is 3.04. The van der Waals surface area contributed by atoms with E-state index in [1.165, 1.54) is 42.5 Å². The molecule has 1 aliphatic rings. The molecule has 8 heteroatoms. The molecule has 0 amide bonds. The number of hydrogen-bond donors (Lipinski definition) is 1. The average Bonchev–Trinajstić information content (AvgIpc) is 3.00. The average molecular weight is 402 g/mol. The number of aromatic carboxylic acids is 1. The zero-order chi connectivity index (χ0) is 19.1. The highest BCUT2D eigenvalue weighted by Crippen LogP contribution is 2.50. The van der Waals surface area contributed by atoms with Crippen molar-refractivity contribution in [1.82, 2.24) is 0 Å². The van der Waals surface area contributed by atoms with Crippen LogP contribution in [0.25, 0.3) is 0 Å². The van der Waals surface area contributed by atoms with Gasteiger partial charge in [-0.1, -0.05) is 35.3 Å². The molecule has 0 saturated heterocycles. The highest BCUT2D eigenvalue weighted by Gasteiger charge is 2.58. The first-order chi connectivity index (χ1) is 12.1. The van der Waals surface area contributed by atoms with Crippen LogP contribution in [0.2, 0.25) is 10.0 Å². The Balaban J connectivity index is 1.99. The van der Waals surface area contributed by atoms with Crippen molar-refractivity contribution in [2.24, 2.45) is 4.99 Å². The molecule has 0 saturated carbocycles. The summed E-state index contributed by atoms with van der Waals surface area (Å²) < 4.78 is 41.9. The number of halogens is 5. The van der Waals surface area contributed by atoms with Crippen molar-refractivity contribution in [1.29, 1.82) is 0 Å². The van der Waals surface area contributed by atoms with Crippen molar-refractivity contribution in [3.63, 3.8) is 0 Å². The summed E-state index contributed by atoms with van der Waals surface area (Å²) in [7, 11) is 0. The molecule has 0 bridgehead atoms. The second-order valence-corrected chi connectivity index (χ2v) is 6.93. The molecule has 2 aromatic rings. The highest BCUT2D eigenvalue weighted by molar-refractivity contribution is 6.34. The monoisotopic (exact) mass is 401 g/mol. The Bertz CT molecular complexity index is 861. The minimum absolute atomic E-state index is 0.0550. The molecule has 0 spiro atoms. The second kappa shape index (κ2) is 6.59. The summed E-state index contributed by atoms with van der Waals surface area (Å²) in [6.45, 7) is 0. The van der Waals surface area contributed by atoms with Crippen LogP contribution in [0.5, 0.6) is 0 Å². The fourth-order valence-corrected chi connectivity index (χ4v) is 3.56. The Labute approximate surface area is 157 Å². The van der Waals surface area contributed by atoms with Gasteiger partial charge in [0.1, 0.15) is 5.41 Å². The largest absolute Gasteiger partial charge is 0.478 e. The standard InChI is InChI=1S/C18H12Cl2F3NO2/c19-13-5-12(6-14(20)7-13)17(18(21,22)23)8-15(24-9-17)10-1-3-11(4-2-10)16(25)26/h1-7,9,15H,8H2,(H,25,26). The van der Waals surface area contributed by atoms with E-state index in [4.69, 9.17) is 28.3 Å². The molecule has 1 heterocycles. The number of hydrogen-bond acceptors (Lipinski definition) is 2. The minimum atomic E-state index is -4.60. The lowest BCUT2D eigenvalue weighted by Crippen LogP contribution is -2.42. The topological polar surface area (TPSA) is 49.7 Å². The number of nitrogens with zero attached hydrogens (tertiary/aromatic N) is 1. The molecule has 1 N–H and O–H groups in total. The lowest BCUT2D eigenvalue weighted by atomic mass is 9.77. The Hall–Kier alpha value is -2.05. The molecule has 136 valence electrons. The smallest absolute Gasteiger partial charge is 0.403 e. The Morgan fingerprint density at radius 1 is 1.12 bits per heavy atom. The molecule has 3 nitrogen and oxygen atoms in total. The quantitative estimate of drug-likeness (QED) is 0.715. The van der Waals surface area contributed by atoms with Gasteiger partial charge in [0.15, 0.2) is 0 Å². The van der Waals surface area contributed by atoms with Gasteiger partial charge in [-0.15, -0.1) is 0 Å².